The molecule has 0 N–H and O–H groups in total. The van der Waals surface area contributed by atoms with Gasteiger partial charge in [0.05, 0.1) is 0 Å². The van der Waals surface area contributed by atoms with Gasteiger partial charge in [-0.25, -0.2) is 0 Å². The molecule has 0 aliphatic heterocycles. The highest BCUT2D eigenvalue weighted by atomic mass is 35.5. The Labute approximate surface area is 111 Å². The van der Waals surface area contributed by atoms with Gasteiger partial charge in [0, 0.05) is 13.6 Å². The average molecular weight is 264 g/mol. The van der Waals surface area contributed by atoms with Crippen molar-refractivity contribution in [3.63, 3.8) is 0 Å². The van der Waals surface area contributed by atoms with Gasteiger partial charge in [-0.15, -0.1) is 0 Å². The number of hydrogen-bond acceptors (Lipinski definition) is 2. The van der Waals surface area contributed by atoms with Gasteiger partial charge < -0.3 is 9.32 Å². The van der Waals surface area contributed by atoms with Crippen molar-refractivity contribution in [1.82, 2.24) is 4.90 Å². The minimum atomic E-state index is -0.155. The maximum absolute atomic E-state index is 12.0. The van der Waals surface area contributed by atoms with E-state index in [2.05, 4.69) is 0 Å². The first kappa shape index (κ1) is 12.7. The van der Waals surface area contributed by atoms with Crippen molar-refractivity contribution in [3.8, 4) is 0 Å². The Morgan fingerprint density at radius 3 is 2.56 bits per heavy atom. The minimum Gasteiger partial charge on any atom is -0.440 e. The van der Waals surface area contributed by atoms with Crippen LogP contribution < -0.4 is 0 Å². The second-order valence-electron chi connectivity index (χ2n) is 4.07. The van der Waals surface area contributed by atoms with Crippen LogP contribution >= 0.6 is 11.6 Å². The molecule has 0 radical (unpaired) electrons. The topological polar surface area (TPSA) is 33.5 Å². The van der Waals surface area contributed by atoms with Crippen molar-refractivity contribution < 1.29 is 9.21 Å². The van der Waals surface area contributed by atoms with E-state index in [0.29, 0.717) is 6.54 Å². The van der Waals surface area contributed by atoms with Crippen molar-refractivity contribution in [2.24, 2.45) is 0 Å². The molecule has 94 valence electrons. The Morgan fingerprint density at radius 2 is 1.94 bits per heavy atom. The van der Waals surface area contributed by atoms with Gasteiger partial charge in [-0.05, 0) is 35.7 Å². The number of furan rings is 1. The Kier molecular flexibility index (Phi) is 4.05. The number of rotatable bonds is 4. The molecular formula is C14H14ClNO2. The van der Waals surface area contributed by atoms with Crippen molar-refractivity contribution in [2.45, 2.75) is 6.42 Å². The van der Waals surface area contributed by atoms with Crippen LogP contribution in [-0.2, 0) is 6.42 Å². The number of carbonyl (C=O) groups excluding carboxylic acids is 1. The normalized spacial score (nSPS) is 10.3. The summed E-state index contributed by atoms with van der Waals surface area (Å²) in [5, 5.41) is 0.231. The molecule has 0 atom stereocenters. The van der Waals surface area contributed by atoms with Crippen molar-refractivity contribution in [2.75, 3.05) is 13.6 Å². The second-order valence-corrected chi connectivity index (χ2v) is 4.44. The van der Waals surface area contributed by atoms with Crippen LogP contribution in [0.15, 0.2) is 46.9 Å². The first-order valence-corrected chi connectivity index (χ1v) is 6.09. The van der Waals surface area contributed by atoms with Crippen LogP contribution in [0.2, 0.25) is 5.22 Å². The van der Waals surface area contributed by atoms with Gasteiger partial charge >= 0.3 is 0 Å². The summed E-state index contributed by atoms with van der Waals surface area (Å²) in [7, 11) is 1.75. The fourth-order valence-corrected chi connectivity index (χ4v) is 1.81. The average Bonchev–Trinajstić information content (AvgIpc) is 2.83. The number of carbonyl (C=O) groups is 1. The van der Waals surface area contributed by atoms with Crippen LogP contribution in [-0.4, -0.2) is 24.4 Å². The first-order chi connectivity index (χ1) is 8.66. The molecule has 0 aliphatic rings. The molecule has 2 aromatic rings. The van der Waals surface area contributed by atoms with E-state index >= 15 is 0 Å². The lowest BCUT2D eigenvalue weighted by atomic mass is 10.1. The number of amides is 1. The van der Waals surface area contributed by atoms with Crippen LogP contribution in [0.1, 0.15) is 16.1 Å². The second kappa shape index (κ2) is 5.74. The van der Waals surface area contributed by atoms with Gasteiger partial charge in [0.1, 0.15) is 0 Å². The SMILES string of the molecule is CN(CCc1ccccc1)C(=O)c1ccc(Cl)o1. The zero-order valence-corrected chi connectivity index (χ0v) is 10.9. The lowest BCUT2D eigenvalue weighted by Gasteiger charge is -2.15. The summed E-state index contributed by atoms with van der Waals surface area (Å²) in [6, 6.07) is 13.2. The van der Waals surface area contributed by atoms with Gasteiger partial charge in [0.2, 0.25) is 0 Å². The molecule has 1 amide bonds. The molecule has 1 aromatic heterocycles. The van der Waals surface area contributed by atoms with E-state index in [1.54, 1.807) is 24.1 Å². The Morgan fingerprint density at radius 1 is 1.22 bits per heavy atom. The fraction of sp³-hybridized carbons (Fsp3) is 0.214. The standard InChI is InChI=1S/C14H14ClNO2/c1-16(10-9-11-5-3-2-4-6-11)14(17)12-7-8-13(15)18-12/h2-8H,9-10H2,1H3. The number of likely N-dealkylation sites (N-methyl/N-ethyl adjacent to an activating group) is 1. The summed E-state index contributed by atoms with van der Waals surface area (Å²) in [5.74, 6) is 0.119. The molecule has 2 rings (SSSR count). The third-order valence-electron chi connectivity index (χ3n) is 2.71. The van der Waals surface area contributed by atoms with E-state index in [1.165, 1.54) is 5.56 Å². The summed E-state index contributed by atoms with van der Waals surface area (Å²) in [5.41, 5.74) is 1.20. The van der Waals surface area contributed by atoms with Crippen LogP contribution in [0, 0.1) is 0 Å². The van der Waals surface area contributed by atoms with Crippen molar-refractivity contribution >= 4 is 17.5 Å². The third-order valence-corrected chi connectivity index (χ3v) is 2.91. The lowest BCUT2D eigenvalue weighted by molar-refractivity contribution is 0.0765. The first-order valence-electron chi connectivity index (χ1n) is 5.71. The van der Waals surface area contributed by atoms with Gasteiger partial charge in [0.25, 0.3) is 5.91 Å². The van der Waals surface area contributed by atoms with Gasteiger partial charge in [-0.3, -0.25) is 4.79 Å². The minimum absolute atomic E-state index is 0.155. The Hall–Kier alpha value is -1.74. The molecule has 0 bridgehead atoms. The van der Waals surface area contributed by atoms with E-state index < -0.39 is 0 Å². The van der Waals surface area contributed by atoms with Gasteiger partial charge in [0.15, 0.2) is 11.0 Å². The largest absolute Gasteiger partial charge is 0.440 e. The predicted molar refractivity (Wildman–Crippen MR) is 70.8 cm³/mol. The zero-order valence-electron chi connectivity index (χ0n) is 10.1. The zero-order chi connectivity index (χ0) is 13.0. The number of nitrogens with zero attached hydrogens (tertiary/aromatic N) is 1. The lowest BCUT2D eigenvalue weighted by Crippen LogP contribution is -2.28. The third kappa shape index (κ3) is 3.14. The highest BCUT2D eigenvalue weighted by Crippen LogP contribution is 2.14. The molecule has 18 heavy (non-hydrogen) atoms. The van der Waals surface area contributed by atoms with Crippen molar-refractivity contribution in [1.29, 1.82) is 0 Å². The predicted octanol–water partition coefficient (Wildman–Crippen LogP) is 3.25. The summed E-state index contributed by atoms with van der Waals surface area (Å²) in [6.07, 6.45) is 0.817. The monoisotopic (exact) mass is 263 g/mol. The number of halogens is 1. The van der Waals surface area contributed by atoms with Crippen LogP contribution in [0.5, 0.6) is 0 Å². The molecular weight excluding hydrogens is 250 g/mol. The van der Waals surface area contributed by atoms with Gasteiger partial charge in [-0.1, -0.05) is 30.3 Å². The fourth-order valence-electron chi connectivity index (χ4n) is 1.66. The summed E-state index contributed by atoms with van der Waals surface area (Å²) in [6.45, 7) is 0.640. The Balaban J connectivity index is 1.92. The summed E-state index contributed by atoms with van der Waals surface area (Å²) >= 11 is 5.64. The molecule has 0 unspecified atom stereocenters. The maximum Gasteiger partial charge on any atom is 0.289 e. The number of benzene rings is 1. The van der Waals surface area contributed by atoms with E-state index in [9.17, 15) is 4.79 Å². The summed E-state index contributed by atoms with van der Waals surface area (Å²) in [4.78, 5) is 13.6. The quantitative estimate of drug-likeness (QED) is 0.848. The van der Waals surface area contributed by atoms with E-state index in [-0.39, 0.29) is 16.9 Å². The van der Waals surface area contributed by atoms with E-state index in [1.807, 2.05) is 30.3 Å². The van der Waals surface area contributed by atoms with E-state index in [0.717, 1.165) is 6.42 Å². The smallest absolute Gasteiger partial charge is 0.289 e. The molecule has 3 nitrogen and oxygen atoms in total. The highest BCUT2D eigenvalue weighted by molar-refractivity contribution is 6.29. The summed E-state index contributed by atoms with van der Waals surface area (Å²) < 4.78 is 5.09. The maximum atomic E-state index is 12.0. The van der Waals surface area contributed by atoms with Gasteiger partial charge in [-0.2, -0.15) is 0 Å². The molecule has 0 spiro atoms. The molecule has 4 heteroatoms. The molecule has 0 saturated heterocycles. The highest BCUT2D eigenvalue weighted by Gasteiger charge is 2.15. The van der Waals surface area contributed by atoms with Crippen LogP contribution in [0.25, 0.3) is 0 Å². The molecule has 0 fully saturated rings. The van der Waals surface area contributed by atoms with Crippen LogP contribution in [0.3, 0.4) is 0 Å². The molecule has 1 heterocycles. The van der Waals surface area contributed by atoms with Crippen LogP contribution in [0.4, 0.5) is 0 Å². The molecule has 0 aliphatic carbocycles. The molecule has 0 saturated carbocycles. The van der Waals surface area contributed by atoms with Crippen molar-refractivity contribution in [3.05, 3.63) is 59.0 Å². The van der Waals surface area contributed by atoms with E-state index in [4.69, 9.17) is 16.0 Å². The Bertz CT molecular complexity index is 522. The number of hydrogen-bond donors (Lipinski definition) is 0. The molecule has 1 aromatic carbocycles.